The van der Waals surface area contributed by atoms with Gasteiger partial charge < -0.3 is 10.3 Å². The van der Waals surface area contributed by atoms with Gasteiger partial charge in [0, 0.05) is 33.1 Å². The second kappa shape index (κ2) is 5.79. The Morgan fingerprint density at radius 1 is 1.22 bits per heavy atom. The molecule has 0 radical (unpaired) electrons. The highest BCUT2D eigenvalue weighted by atomic mass is 32.1. The lowest BCUT2D eigenvalue weighted by atomic mass is 9.80. The summed E-state index contributed by atoms with van der Waals surface area (Å²) in [6.45, 7) is -0.256. The molecule has 27 heavy (non-hydrogen) atoms. The van der Waals surface area contributed by atoms with Gasteiger partial charge in [0.25, 0.3) is 5.91 Å². The third-order valence-electron chi connectivity index (χ3n) is 5.53. The fourth-order valence-corrected chi connectivity index (χ4v) is 5.22. The molecule has 136 valence electrons. The van der Waals surface area contributed by atoms with Crippen molar-refractivity contribution in [3.63, 3.8) is 0 Å². The number of amides is 3. The molecule has 0 unspecified atom stereocenters. The molecule has 7 heteroatoms. The highest BCUT2D eigenvalue weighted by Gasteiger charge is 2.54. The summed E-state index contributed by atoms with van der Waals surface area (Å²) in [7, 11) is 0. The lowest BCUT2D eigenvalue weighted by Crippen LogP contribution is -2.46. The number of urea groups is 1. The number of nitrogens with one attached hydrogen (secondary N) is 2. The van der Waals surface area contributed by atoms with Crippen LogP contribution in [0.15, 0.2) is 41.9 Å². The Morgan fingerprint density at radius 3 is 2.96 bits per heavy atom. The van der Waals surface area contributed by atoms with Crippen molar-refractivity contribution < 1.29 is 14.4 Å². The van der Waals surface area contributed by atoms with E-state index in [1.54, 1.807) is 17.5 Å². The molecule has 0 saturated carbocycles. The third-order valence-corrected chi connectivity index (χ3v) is 6.51. The minimum atomic E-state index is -1.01. The average molecular weight is 379 g/mol. The SMILES string of the molecule is O=C(CN1C(=O)N[C@@]2(CCCc3sccc32)C1=O)c1c[nH]c2ccccc12. The first kappa shape index (κ1) is 16.3. The standard InChI is InChI=1S/C20H17N3O3S/c24-16(13-10-21-15-5-2-1-4-12(13)15)11-23-18(25)20(22-19(23)26)8-3-6-17-14(20)7-9-27-17/h1-2,4-5,7,9-10,21H,3,6,8,11H2,(H,22,26)/t20-/m1/s1. The van der Waals surface area contributed by atoms with Crippen molar-refractivity contribution >= 4 is 40.0 Å². The molecule has 1 atom stereocenters. The van der Waals surface area contributed by atoms with Crippen LogP contribution in [0.2, 0.25) is 0 Å². The van der Waals surface area contributed by atoms with Gasteiger partial charge in [-0.3, -0.25) is 14.5 Å². The number of hydrogen-bond acceptors (Lipinski definition) is 4. The molecule has 1 aromatic carbocycles. The van der Waals surface area contributed by atoms with Crippen LogP contribution < -0.4 is 5.32 Å². The fourth-order valence-electron chi connectivity index (χ4n) is 4.22. The van der Waals surface area contributed by atoms with Gasteiger partial charge in [-0.2, -0.15) is 0 Å². The number of aromatic amines is 1. The zero-order chi connectivity index (χ0) is 18.6. The van der Waals surface area contributed by atoms with Gasteiger partial charge in [0.1, 0.15) is 5.54 Å². The summed E-state index contributed by atoms with van der Waals surface area (Å²) in [5, 5.41) is 5.63. The van der Waals surface area contributed by atoms with Crippen molar-refractivity contribution in [2.45, 2.75) is 24.8 Å². The number of hydrogen-bond donors (Lipinski definition) is 2. The van der Waals surface area contributed by atoms with Crippen molar-refractivity contribution in [3.8, 4) is 0 Å². The molecule has 1 aliphatic heterocycles. The first-order valence-corrected chi connectivity index (χ1v) is 9.78. The summed E-state index contributed by atoms with van der Waals surface area (Å²) in [6, 6.07) is 8.90. The zero-order valence-corrected chi connectivity index (χ0v) is 15.3. The van der Waals surface area contributed by atoms with E-state index in [9.17, 15) is 14.4 Å². The molecular formula is C20H17N3O3S. The summed E-state index contributed by atoms with van der Waals surface area (Å²) >= 11 is 1.61. The molecule has 2 aliphatic rings. The van der Waals surface area contributed by atoms with Gasteiger partial charge in [-0.25, -0.2) is 4.79 Å². The number of benzene rings is 1. The van der Waals surface area contributed by atoms with Crippen LogP contribution in [-0.2, 0) is 16.8 Å². The van der Waals surface area contributed by atoms with E-state index in [0.717, 1.165) is 39.1 Å². The van der Waals surface area contributed by atoms with Crippen molar-refractivity contribution in [1.82, 2.24) is 15.2 Å². The zero-order valence-electron chi connectivity index (χ0n) is 14.5. The van der Waals surface area contributed by atoms with Crippen molar-refractivity contribution in [2.24, 2.45) is 0 Å². The number of aryl methyl sites for hydroxylation is 1. The van der Waals surface area contributed by atoms with Gasteiger partial charge in [-0.05, 0) is 36.8 Å². The van der Waals surface area contributed by atoms with E-state index in [2.05, 4.69) is 10.3 Å². The highest BCUT2D eigenvalue weighted by molar-refractivity contribution is 7.10. The molecule has 5 rings (SSSR count). The Balaban J connectivity index is 1.46. The Hall–Kier alpha value is -2.93. The van der Waals surface area contributed by atoms with E-state index in [1.165, 1.54) is 0 Å². The minimum absolute atomic E-state index is 0.255. The summed E-state index contributed by atoms with van der Waals surface area (Å²) < 4.78 is 0. The number of rotatable bonds is 3. The largest absolute Gasteiger partial charge is 0.360 e. The molecule has 6 nitrogen and oxygen atoms in total. The number of carbonyl (C=O) groups excluding carboxylic acids is 3. The van der Waals surface area contributed by atoms with Crippen LogP contribution in [0.3, 0.4) is 0 Å². The summed E-state index contributed by atoms with van der Waals surface area (Å²) in [6.07, 6.45) is 3.97. The number of aromatic nitrogens is 1. The van der Waals surface area contributed by atoms with Crippen LogP contribution in [-0.4, -0.2) is 34.2 Å². The van der Waals surface area contributed by atoms with Crippen LogP contribution in [0.4, 0.5) is 4.79 Å². The van der Waals surface area contributed by atoms with Crippen molar-refractivity contribution in [2.75, 3.05) is 6.54 Å². The van der Waals surface area contributed by atoms with Crippen LogP contribution in [0.5, 0.6) is 0 Å². The van der Waals surface area contributed by atoms with Crippen LogP contribution in [0, 0.1) is 0 Å². The molecule has 1 aliphatic carbocycles. The topological polar surface area (TPSA) is 82.3 Å². The van der Waals surface area contributed by atoms with Gasteiger partial charge in [0.05, 0.1) is 6.54 Å². The predicted octanol–water partition coefficient (Wildman–Crippen LogP) is 3.20. The van der Waals surface area contributed by atoms with E-state index < -0.39 is 11.6 Å². The molecule has 3 amide bonds. The number of imide groups is 1. The minimum Gasteiger partial charge on any atom is -0.360 e. The second-order valence-electron chi connectivity index (χ2n) is 7.01. The van der Waals surface area contributed by atoms with Gasteiger partial charge in [-0.15, -0.1) is 11.3 Å². The quantitative estimate of drug-likeness (QED) is 0.542. The molecule has 1 saturated heterocycles. The lowest BCUT2D eigenvalue weighted by molar-refractivity contribution is -0.131. The number of ketones is 1. The molecule has 2 N–H and O–H groups in total. The number of Topliss-reactive ketones (excluding diaryl/α,β-unsaturated/α-hetero) is 1. The first-order valence-electron chi connectivity index (χ1n) is 8.90. The van der Waals surface area contributed by atoms with Crippen LogP contribution in [0.25, 0.3) is 10.9 Å². The summed E-state index contributed by atoms with van der Waals surface area (Å²) in [4.78, 5) is 43.9. The first-order chi connectivity index (χ1) is 13.1. The van der Waals surface area contributed by atoms with E-state index in [4.69, 9.17) is 0 Å². The number of carbonyl (C=O) groups is 3. The van der Waals surface area contributed by atoms with Gasteiger partial charge in [0.2, 0.25) is 0 Å². The monoisotopic (exact) mass is 379 g/mol. The van der Waals surface area contributed by atoms with E-state index >= 15 is 0 Å². The summed E-state index contributed by atoms with van der Waals surface area (Å²) in [5.41, 5.74) is 1.22. The maximum Gasteiger partial charge on any atom is 0.325 e. The smallest absolute Gasteiger partial charge is 0.325 e. The van der Waals surface area contributed by atoms with Crippen LogP contribution >= 0.6 is 11.3 Å². The summed E-state index contributed by atoms with van der Waals surface area (Å²) in [5.74, 6) is -0.575. The Morgan fingerprint density at radius 2 is 2.07 bits per heavy atom. The van der Waals surface area contributed by atoms with Crippen molar-refractivity contribution in [3.05, 3.63) is 57.9 Å². The second-order valence-corrected chi connectivity index (χ2v) is 8.01. The Labute approximate surface area is 159 Å². The van der Waals surface area contributed by atoms with Gasteiger partial charge >= 0.3 is 6.03 Å². The maximum atomic E-state index is 13.2. The van der Waals surface area contributed by atoms with E-state index in [1.807, 2.05) is 35.7 Å². The molecule has 1 fully saturated rings. The van der Waals surface area contributed by atoms with E-state index in [-0.39, 0.29) is 18.2 Å². The number of H-pyrrole nitrogens is 1. The Kier molecular flexibility index (Phi) is 3.48. The lowest BCUT2D eigenvalue weighted by Gasteiger charge is -2.31. The number of thiophene rings is 1. The van der Waals surface area contributed by atoms with Gasteiger partial charge in [-0.1, -0.05) is 18.2 Å². The van der Waals surface area contributed by atoms with Gasteiger partial charge in [0.15, 0.2) is 5.78 Å². The molecule has 3 heterocycles. The molecular weight excluding hydrogens is 362 g/mol. The number of para-hydroxylation sites is 1. The molecule has 2 aromatic heterocycles. The molecule has 3 aromatic rings. The fraction of sp³-hybridized carbons (Fsp3) is 0.250. The number of nitrogens with zero attached hydrogens (tertiary/aromatic N) is 1. The van der Waals surface area contributed by atoms with E-state index in [0.29, 0.717) is 12.0 Å². The highest BCUT2D eigenvalue weighted by Crippen LogP contribution is 2.42. The third kappa shape index (κ3) is 2.28. The van der Waals surface area contributed by atoms with Crippen molar-refractivity contribution in [1.29, 1.82) is 0 Å². The number of fused-ring (bicyclic) bond motifs is 3. The van der Waals surface area contributed by atoms with Crippen LogP contribution in [0.1, 0.15) is 33.6 Å². The normalized spacial score (nSPS) is 21.7. The Bertz CT molecular complexity index is 1100. The molecule has 1 spiro atoms. The predicted molar refractivity (Wildman–Crippen MR) is 102 cm³/mol. The maximum absolute atomic E-state index is 13.2. The average Bonchev–Trinajstić information content (AvgIpc) is 3.36. The molecule has 0 bridgehead atoms.